The van der Waals surface area contributed by atoms with Gasteiger partial charge >= 0.3 is 0 Å². The molecule has 1 saturated heterocycles. The maximum Gasteiger partial charge on any atom is 0.219 e. The van der Waals surface area contributed by atoms with E-state index in [9.17, 15) is 20.1 Å². The maximum atomic E-state index is 11.0. The Labute approximate surface area is 100 Å². The van der Waals surface area contributed by atoms with Crippen molar-refractivity contribution in [3.8, 4) is 0 Å². The lowest BCUT2D eigenvalue weighted by atomic mass is 9.99. The van der Waals surface area contributed by atoms with Crippen LogP contribution in [0.3, 0.4) is 0 Å². The molecule has 1 aliphatic carbocycles. The van der Waals surface area contributed by atoms with Crippen molar-refractivity contribution in [3.63, 3.8) is 0 Å². The van der Waals surface area contributed by atoms with Crippen molar-refractivity contribution in [2.45, 2.75) is 37.7 Å². The molecule has 6 nitrogen and oxygen atoms in total. The van der Waals surface area contributed by atoms with Crippen LogP contribution < -0.4 is 5.32 Å². The van der Waals surface area contributed by atoms with E-state index in [0.29, 0.717) is 18.9 Å². The second-order valence-electron chi connectivity index (χ2n) is 5.09. The molecule has 0 radical (unpaired) electrons. The number of aliphatic hydroxyl groups excluding tert-OH is 3. The summed E-state index contributed by atoms with van der Waals surface area (Å²) in [5, 5.41) is 31.6. The molecule has 2 rings (SSSR count). The van der Waals surface area contributed by atoms with E-state index in [-0.39, 0.29) is 11.9 Å². The number of carbonyl (C=O) groups is 1. The maximum absolute atomic E-state index is 11.0. The predicted molar refractivity (Wildman–Crippen MR) is 60.2 cm³/mol. The first-order chi connectivity index (χ1) is 7.99. The van der Waals surface area contributed by atoms with Gasteiger partial charge < -0.3 is 25.5 Å². The predicted octanol–water partition coefficient (Wildman–Crippen LogP) is -2.09. The van der Waals surface area contributed by atoms with Crippen molar-refractivity contribution in [1.82, 2.24) is 10.2 Å². The van der Waals surface area contributed by atoms with Crippen LogP contribution in [0.15, 0.2) is 0 Å². The Bertz CT molecular complexity index is 293. The van der Waals surface area contributed by atoms with Crippen molar-refractivity contribution in [3.05, 3.63) is 0 Å². The summed E-state index contributed by atoms with van der Waals surface area (Å²) < 4.78 is 0. The highest BCUT2D eigenvalue weighted by Crippen LogP contribution is 2.22. The van der Waals surface area contributed by atoms with Crippen molar-refractivity contribution >= 4 is 5.91 Å². The molecule has 98 valence electrons. The minimum Gasteiger partial charge on any atom is -0.390 e. The van der Waals surface area contributed by atoms with Crippen LogP contribution in [0.1, 0.15) is 13.3 Å². The molecular weight excluding hydrogens is 224 g/mol. The molecule has 2 fully saturated rings. The van der Waals surface area contributed by atoms with Gasteiger partial charge in [0.1, 0.15) is 6.10 Å². The van der Waals surface area contributed by atoms with E-state index in [1.165, 1.54) is 0 Å². The highest BCUT2D eigenvalue weighted by molar-refractivity contribution is 5.74. The Morgan fingerprint density at radius 3 is 2.41 bits per heavy atom. The Balaban J connectivity index is 1.69. The molecule has 0 spiro atoms. The summed E-state index contributed by atoms with van der Waals surface area (Å²) in [6.45, 7) is 3.74. The Hall–Kier alpha value is -0.690. The van der Waals surface area contributed by atoms with E-state index in [0.717, 1.165) is 13.1 Å². The number of carbonyl (C=O) groups excluding carboxylic acids is 1. The van der Waals surface area contributed by atoms with Gasteiger partial charge in [-0.2, -0.15) is 0 Å². The smallest absolute Gasteiger partial charge is 0.219 e. The minimum atomic E-state index is -1.05. The van der Waals surface area contributed by atoms with Crippen molar-refractivity contribution in [2.24, 2.45) is 5.92 Å². The van der Waals surface area contributed by atoms with Gasteiger partial charge in [0.15, 0.2) is 0 Å². The van der Waals surface area contributed by atoms with Gasteiger partial charge in [-0.05, 0) is 6.42 Å². The zero-order valence-electron chi connectivity index (χ0n) is 9.91. The van der Waals surface area contributed by atoms with Gasteiger partial charge in [0.2, 0.25) is 5.91 Å². The van der Waals surface area contributed by atoms with Gasteiger partial charge in [-0.15, -0.1) is 0 Å². The van der Waals surface area contributed by atoms with Gasteiger partial charge in [0, 0.05) is 38.5 Å². The van der Waals surface area contributed by atoms with Crippen LogP contribution >= 0.6 is 0 Å². The molecule has 4 N–H and O–H groups in total. The molecule has 2 aliphatic rings. The van der Waals surface area contributed by atoms with Crippen LogP contribution in [0.5, 0.6) is 0 Å². The number of nitrogens with one attached hydrogen (secondary N) is 1. The third kappa shape index (κ3) is 2.60. The first-order valence-corrected chi connectivity index (χ1v) is 6.02. The summed E-state index contributed by atoms with van der Waals surface area (Å²) in [5.41, 5.74) is 0. The SMILES string of the molecule is CC(=O)N1CC(CN[C@@H]2C[C@H](O)[C@@H](O)[C@H]2O)C1. The van der Waals surface area contributed by atoms with Crippen molar-refractivity contribution in [1.29, 1.82) is 0 Å². The van der Waals surface area contributed by atoms with Crippen LogP contribution in [0.25, 0.3) is 0 Å². The summed E-state index contributed by atoms with van der Waals surface area (Å²) in [7, 11) is 0. The monoisotopic (exact) mass is 244 g/mol. The molecular formula is C11H20N2O4. The number of nitrogens with zero attached hydrogens (tertiary/aromatic N) is 1. The molecule has 4 atom stereocenters. The average Bonchev–Trinajstić information content (AvgIpc) is 2.43. The number of likely N-dealkylation sites (tertiary alicyclic amines) is 1. The number of rotatable bonds is 3. The van der Waals surface area contributed by atoms with Crippen molar-refractivity contribution < 1.29 is 20.1 Å². The van der Waals surface area contributed by atoms with E-state index < -0.39 is 18.3 Å². The first-order valence-electron chi connectivity index (χ1n) is 6.02. The molecule has 0 bridgehead atoms. The van der Waals surface area contributed by atoms with Crippen LogP contribution in [0, 0.1) is 5.92 Å². The van der Waals surface area contributed by atoms with Crippen LogP contribution in [-0.2, 0) is 4.79 Å². The number of amides is 1. The molecule has 1 amide bonds. The highest BCUT2D eigenvalue weighted by Gasteiger charge is 2.40. The van der Waals surface area contributed by atoms with Crippen LogP contribution in [-0.4, -0.2) is 70.1 Å². The van der Waals surface area contributed by atoms with Crippen molar-refractivity contribution in [2.75, 3.05) is 19.6 Å². The molecule has 1 aliphatic heterocycles. The van der Waals surface area contributed by atoms with Gasteiger partial charge in [0.05, 0.1) is 12.2 Å². The van der Waals surface area contributed by atoms with Gasteiger partial charge in [0.25, 0.3) is 0 Å². The lowest BCUT2D eigenvalue weighted by Crippen LogP contribution is -2.54. The normalized spacial score (nSPS) is 38.2. The zero-order valence-corrected chi connectivity index (χ0v) is 9.91. The number of aliphatic hydroxyl groups is 3. The van der Waals surface area contributed by atoms with Crippen LogP contribution in [0.2, 0.25) is 0 Å². The summed E-state index contributed by atoms with van der Waals surface area (Å²) in [5.74, 6) is 0.494. The summed E-state index contributed by atoms with van der Waals surface area (Å²) in [6, 6.07) is -0.258. The van der Waals surface area contributed by atoms with Gasteiger partial charge in [-0.1, -0.05) is 0 Å². The average molecular weight is 244 g/mol. The summed E-state index contributed by atoms with van der Waals surface area (Å²) >= 11 is 0. The van der Waals surface area contributed by atoms with E-state index in [4.69, 9.17) is 0 Å². The van der Waals surface area contributed by atoms with Gasteiger partial charge in [-0.25, -0.2) is 0 Å². The molecule has 0 aromatic carbocycles. The summed E-state index contributed by atoms with van der Waals surface area (Å²) in [6.07, 6.45) is -2.44. The highest BCUT2D eigenvalue weighted by atomic mass is 16.4. The molecule has 6 heteroatoms. The first kappa shape index (κ1) is 12.8. The zero-order chi connectivity index (χ0) is 12.6. The van der Waals surface area contributed by atoms with E-state index in [1.807, 2.05) is 0 Å². The second-order valence-corrected chi connectivity index (χ2v) is 5.09. The van der Waals surface area contributed by atoms with E-state index in [1.54, 1.807) is 11.8 Å². The molecule has 0 unspecified atom stereocenters. The number of hydrogen-bond donors (Lipinski definition) is 4. The van der Waals surface area contributed by atoms with E-state index >= 15 is 0 Å². The fourth-order valence-corrected chi connectivity index (χ4v) is 2.48. The minimum absolute atomic E-state index is 0.0907. The van der Waals surface area contributed by atoms with E-state index in [2.05, 4.69) is 5.32 Å². The van der Waals surface area contributed by atoms with Crippen LogP contribution in [0.4, 0.5) is 0 Å². The van der Waals surface area contributed by atoms with Gasteiger partial charge in [-0.3, -0.25) is 4.79 Å². The molecule has 1 heterocycles. The topological polar surface area (TPSA) is 93.0 Å². The Morgan fingerprint density at radius 2 is 1.94 bits per heavy atom. The molecule has 1 saturated carbocycles. The Morgan fingerprint density at radius 1 is 1.29 bits per heavy atom. The third-order valence-electron chi connectivity index (χ3n) is 3.72. The third-order valence-corrected chi connectivity index (χ3v) is 3.72. The molecule has 0 aromatic heterocycles. The Kier molecular flexibility index (Phi) is 3.67. The molecule has 0 aromatic rings. The lowest BCUT2D eigenvalue weighted by Gasteiger charge is -2.39. The standard InChI is InChI=1S/C11H20N2O4/c1-6(14)13-4-7(5-13)3-12-8-2-9(15)11(17)10(8)16/h7-12,15-17H,2-5H2,1H3/t8-,9+,10+,11-/m1/s1. The quantitative estimate of drug-likeness (QED) is 0.457. The largest absolute Gasteiger partial charge is 0.390 e. The fourth-order valence-electron chi connectivity index (χ4n) is 2.48. The second kappa shape index (κ2) is 4.89. The summed E-state index contributed by atoms with van der Waals surface area (Å²) in [4.78, 5) is 12.7. The number of hydrogen-bond acceptors (Lipinski definition) is 5. The lowest BCUT2D eigenvalue weighted by molar-refractivity contribution is -0.134. The fraction of sp³-hybridized carbons (Fsp3) is 0.909. The molecule has 17 heavy (non-hydrogen) atoms.